The summed E-state index contributed by atoms with van der Waals surface area (Å²) in [5, 5.41) is 12.5. The third-order valence-corrected chi connectivity index (χ3v) is 2.37. The largest absolute Gasteiger partial charge is 0.418 e. The van der Waals surface area contributed by atoms with Gasteiger partial charge in [0.25, 0.3) is 0 Å². The molecular weight excluding hydrogens is 287 g/mol. The van der Waals surface area contributed by atoms with Crippen LogP contribution in [0.25, 0.3) is 0 Å². The summed E-state index contributed by atoms with van der Waals surface area (Å²) in [6, 6.07) is 3.10. The van der Waals surface area contributed by atoms with Gasteiger partial charge in [0.05, 0.1) is 22.7 Å². The molecule has 0 saturated heterocycles. The molecule has 0 saturated carbocycles. The summed E-state index contributed by atoms with van der Waals surface area (Å²) in [5.74, 6) is -1.31. The van der Waals surface area contributed by atoms with Crippen LogP contribution in [0.15, 0.2) is 23.4 Å². The highest BCUT2D eigenvalue weighted by Crippen LogP contribution is 2.38. The Kier molecular flexibility index (Phi) is 4.60. The van der Waals surface area contributed by atoms with Crippen LogP contribution in [-0.2, 0) is 11.0 Å². The van der Waals surface area contributed by atoms with Crippen molar-refractivity contribution in [2.45, 2.75) is 12.6 Å². The number of nitrogens with one attached hydrogen (secondary N) is 1. The minimum atomic E-state index is -4.66. The van der Waals surface area contributed by atoms with Crippen LogP contribution >= 0.6 is 11.6 Å². The lowest BCUT2D eigenvalue weighted by Gasteiger charge is -2.14. The van der Waals surface area contributed by atoms with Gasteiger partial charge in [0, 0.05) is 0 Å². The van der Waals surface area contributed by atoms with Crippen molar-refractivity contribution in [2.75, 3.05) is 5.32 Å². The molecule has 0 heterocycles. The summed E-state index contributed by atoms with van der Waals surface area (Å²) >= 11 is 5.62. The van der Waals surface area contributed by atoms with Crippen LogP contribution in [-0.4, -0.2) is 17.0 Å². The first-order valence-corrected chi connectivity index (χ1v) is 5.25. The van der Waals surface area contributed by atoms with E-state index in [1.54, 1.807) is 0 Å². The Morgan fingerprint density at radius 1 is 1.47 bits per heavy atom. The van der Waals surface area contributed by atoms with E-state index in [9.17, 15) is 18.0 Å². The number of amidine groups is 1. The fourth-order valence-electron chi connectivity index (χ4n) is 1.27. The van der Waals surface area contributed by atoms with E-state index in [2.05, 4.69) is 5.16 Å². The molecule has 9 heteroatoms. The summed E-state index contributed by atoms with van der Waals surface area (Å²) in [6.45, 7) is 0. The summed E-state index contributed by atoms with van der Waals surface area (Å²) in [6.07, 6.45) is -5.22. The number of hydrogen-bond donors (Lipinski definition) is 3. The average molecular weight is 296 g/mol. The maximum Gasteiger partial charge on any atom is 0.418 e. The number of oxime groups is 1. The molecule has 0 aliphatic carbocycles. The molecule has 1 aromatic rings. The fourth-order valence-corrected chi connectivity index (χ4v) is 1.49. The second-order valence-corrected chi connectivity index (χ2v) is 3.88. The molecule has 1 amide bonds. The van der Waals surface area contributed by atoms with E-state index >= 15 is 0 Å². The Hall–Kier alpha value is -1.96. The molecule has 5 nitrogen and oxygen atoms in total. The van der Waals surface area contributed by atoms with E-state index < -0.39 is 35.6 Å². The number of alkyl halides is 3. The number of anilines is 1. The van der Waals surface area contributed by atoms with Gasteiger partial charge in [-0.25, -0.2) is 0 Å². The zero-order chi connectivity index (χ0) is 14.6. The number of nitrogens with two attached hydrogens (primary N) is 1. The zero-order valence-electron chi connectivity index (χ0n) is 9.33. The summed E-state index contributed by atoms with van der Waals surface area (Å²) < 4.78 is 38.1. The molecule has 0 aromatic heterocycles. The van der Waals surface area contributed by atoms with Crippen LogP contribution in [0.2, 0.25) is 5.02 Å². The van der Waals surface area contributed by atoms with Crippen LogP contribution in [0.5, 0.6) is 0 Å². The standard InChI is InChI=1S/C10H9ClF3N3O2/c11-6-3-1-2-5(10(12,13)14)9(6)16-8(18)4-7(15)17-19/h1-3,19H,4H2,(H2,15,17)(H,16,18). The van der Waals surface area contributed by atoms with Crippen molar-refractivity contribution in [3.8, 4) is 0 Å². The van der Waals surface area contributed by atoms with E-state index in [1.165, 1.54) is 6.07 Å². The molecule has 1 rings (SSSR count). The van der Waals surface area contributed by atoms with Crippen molar-refractivity contribution in [1.29, 1.82) is 0 Å². The van der Waals surface area contributed by atoms with Gasteiger partial charge in [-0.2, -0.15) is 13.2 Å². The fraction of sp³-hybridized carbons (Fsp3) is 0.200. The molecule has 104 valence electrons. The Morgan fingerprint density at radius 3 is 2.63 bits per heavy atom. The SMILES string of the molecule is N/C(CC(=O)Nc1c(Cl)cccc1C(F)(F)F)=N\O. The quantitative estimate of drug-likeness (QED) is 0.346. The minimum Gasteiger partial charge on any atom is -0.409 e. The van der Waals surface area contributed by atoms with E-state index in [0.29, 0.717) is 0 Å². The predicted molar refractivity (Wildman–Crippen MR) is 63.1 cm³/mol. The predicted octanol–water partition coefficient (Wildman–Crippen LogP) is 2.43. The van der Waals surface area contributed by atoms with E-state index in [-0.39, 0.29) is 5.02 Å². The molecule has 1 aromatic carbocycles. The molecular formula is C10H9ClF3N3O2. The first-order valence-electron chi connectivity index (χ1n) is 4.87. The number of carbonyl (C=O) groups is 1. The lowest BCUT2D eigenvalue weighted by molar-refractivity contribution is -0.137. The van der Waals surface area contributed by atoms with E-state index in [0.717, 1.165) is 12.1 Å². The number of carbonyl (C=O) groups excluding carboxylic acids is 1. The minimum absolute atomic E-state index is 0.261. The monoisotopic (exact) mass is 295 g/mol. The molecule has 0 aliphatic rings. The van der Waals surface area contributed by atoms with Crippen LogP contribution in [0.4, 0.5) is 18.9 Å². The van der Waals surface area contributed by atoms with Crippen LogP contribution in [0, 0.1) is 0 Å². The lowest BCUT2D eigenvalue weighted by atomic mass is 10.1. The van der Waals surface area contributed by atoms with Crippen LogP contribution in [0.3, 0.4) is 0 Å². The van der Waals surface area contributed by atoms with Crippen molar-refractivity contribution < 1.29 is 23.2 Å². The van der Waals surface area contributed by atoms with Crippen molar-refractivity contribution >= 4 is 29.0 Å². The van der Waals surface area contributed by atoms with Gasteiger partial charge in [0.15, 0.2) is 0 Å². The first-order chi connectivity index (χ1) is 8.75. The van der Waals surface area contributed by atoms with E-state index in [4.69, 9.17) is 22.5 Å². The number of para-hydroxylation sites is 1. The Morgan fingerprint density at radius 2 is 2.11 bits per heavy atom. The van der Waals surface area contributed by atoms with Crippen molar-refractivity contribution in [3.05, 3.63) is 28.8 Å². The summed E-state index contributed by atoms with van der Waals surface area (Å²) in [4.78, 5) is 11.4. The molecule has 0 atom stereocenters. The van der Waals surface area contributed by atoms with E-state index in [1.807, 2.05) is 5.32 Å². The topological polar surface area (TPSA) is 87.7 Å². The summed E-state index contributed by atoms with van der Waals surface area (Å²) in [7, 11) is 0. The number of amides is 1. The molecule has 4 N–H and O–H groups in total. The maximum absolute atomic E-state index is 12.7. The van der Waals surface area contributed by atoms with Gasteiger partial charge in [0.1, 0.15) is 5.84 Å². The van der Waals surface area contributed by atoms with Crippen molar-refractivity contribution in [1.82, 2.24) is 0 Å². The Labute approximate surface area is 110 Å². The van der Waals surface area contributed by atoms with Gasteiger partial charge >= 0.3 is 6.18 Å². The highest BCUT2D eigenvalue weighted by Gasteiger charge is 2.34. The zero-order valence-corrected chi connectivity index (χ0v) is 10.1. The van der Waals surface area contributed by atoms with Crippen molar-refractivity contribution in [2.24, 2.45) is 10.9 Å². The highest BCUT2D eigenvalue weighted by atomic mass is 35.5. The molecule has 0 unspecified atom stereocenters. The van der Waals surface area contributed by atoms with Crippen LogP contribution < -0.4 is 11.1 Å². The molecule has 0 radical (unpaired) electrons. The van der Waals surface area contributed by atoms with Gasteiger partial charge in [-0.3, -0.25) is 4.79 Å². The Balaban J connectivity index is 3.04. The number of benzene rings is 1. The molecule has 19 heavy (non-hydrogen) atoms. The maximum atomic E-state index is 12.7. The van der Waals surface area contributed by atoms with Gasteiger partial charge in [-0.1, -0.05) is 22.8 Å². The highest BCUT2D eigenvalue weighted by molar-refractivity contribution is 6.34. The first kappa shape index (κ1) is 15.1. The second-order valence-electron chi connectivity index (χ2n) is 3.48. The van der Waals surface area contributed by atoms with Gasteiger partial charge in [-0.05, 0) is 12.1 Å². The molecule has 0 aliphatic heterocycles. The summed E-state index contributed by atoms with van der Waals surface area (Å²) in [5.41, 5.74) is 3.43. The number of hydrogen-bond acceptors (Lipinski definition) is 3. The normalized spacial score (nSPS) is 12.3. The molecule has 0 fully saturated rings. The van der Waals surface area contributed by atoms with Gasteiger partial charge in [-0.15, -0.1) is 0 Å². The smallest absolute Gasteiger partial charge is 0.409 e. The molecule has 0 spiro atoms. The second kappa shape index (κ2) is 5.79. The van der Waals surface area contributed by atoms with Crippen LogP contribution in [0.1, 0.15) is 12.0 Å². The average Bonchev–Trinajstić information content (AvgIpc) is 2.30. The lowest BCUT2D eigenvalue weighted by Crippen LogP contribution is -2.23. The number of halogens is 4. The third-order valence-electron chi connectivity index (χ3n) is 2.05. The van der Waals surface area contributed by atoms with Crippen molar-refractivity contribution in [3.63, 3.8) is 0 Å². The van der Waals surface area contributed by atoms with Gasteiger partial charge in [0.2, 0.25) is 5.91 Å². The third kappa shape index (κ3) is 4.02. The number of rotatable bonds is 3. The number of nitrogens with zero attached hydrogens (tertiary/aromatic N) is 1. The Bertz CT molecular complexity index is 517. The molecule has 0 bridgehead atoms. The van der Waals surface area contributed by atoms with Gasteiger partial charge < -0.3 is 16.3 Å².